The number of anilines is 1. The van der Waals surface area contributed by atoms with E-state index < -0.39 is 0 Å². The van der Waals surface area contributed by atoms with Crippen molar-refractivity contribution in [1.29, 1.82) is 0 Å². The summed E-state index contributed by atoms with van der Waals surface area (Å²) in [4.78, 5) is 14.4. The first-order valence-corrected chi connectivity index (χ1v) is 8.59. The summed E-state index contributed by atoms with van der Waals surface area (Å²) in [6.45, 7) is 4.27. The molecular formula is C19H21NOS. The number of amides is 1. The first kappa shape index (κ1) is 15.2. The molecule has 0 heterocycles. The topological polar surface area (TPSA) is 29.1 Å². The first-order chi connectivity index (χ1) is 10.6. The van der Waals surface area contributed by atoms with E-state index >= 15 is 0 Å². The third kappa shape index (κ3) is 3.53. The van der Waals surface area contributed by atoms with Gasteiger partial charge in [0, 0.05) is 21.4 Å². The molecule has 2 nitrogen and oxygen atoms in total. The molecule has 0 atom stereocenters. The van der Waals surface area contributed by atoms with Crippen molar-refractivity contribution < 1.29 is 4.79 Å². The fourth-order valence-electron chi connectivity index (χ4n) is 2.43. The summed E-state index contributed by atoms with van der Waals surface area (Å²) < 4.78 is 0. The highest BCUT2D eigenvalue weighted by Gasteiger charge is 2.24. The third-order valence-electron chi connectivity index (χ3n) is 4.31. The summed E-state index contributed by atoms with van der Waals surface area (Å²) in [5.41, 5.74) is 3.52. The average Bonchev–Trinajstić information content (AvgIpc) is 2.43. The Balaban J connectivity index is 1.63. The van der Waals surface area contributed by atoms with Crippen LogP contribution in [0.2, 0.25) is 0 Å². The van der Waals surface area contributed by atoms with Crippen LogP contribution in [0.4, 0.5) is 5.69 Å². The maximum atomic E-state index is 11.9. The minimum Gasteiger partial charge on any atom is -0.326 e. The predicted octanol–water partition coefficient (Wildman–Crippen LogP) is 5.19. The van der Waals surface area contributed by atoms with Gasteiger partial charge in [-0.05, 0) is 74.2 Å². The fourth-order valence-corrected chi connectivity index (χ4v) is 3.35. The fraction of sp³-hybridized carbons (Fsp3) is 0.316. The highest BCUT2D eigenvalue weighted by atomic mass is 32.2. The summed E-state index contributed by atoms with van der Waals surface area (Å²) in [5.74, 6) is 0.394. The van der Waals surface area contributed by atoms with E-state index in [9.17, 15) is 4.79 Å². The van der Waals surface area contributed by atoms with Gasteiger partial charge in [0.1, 0.15) is 0 Å². The molecule has 0 bridgehead atoms. The highest BCUT2D eigenvalue weighted by molar-refractivity contribution is 7.99. The molecule has 1 saturated carbocycles. The number of carbonyl (C=O) groups is 1. The van der Waals surface area contributed by atoms with Crippen LogP contribution >= 0.6 is 11.8 Å². The van der Waals surface area contributed by atoms with Crippen LogP contribution in [0.25, 0.3) is 0 Å². The summed E-state index contributed by atoms with van der Waals surface area (Å²) in [7, 11) is 0. The molecule has 1 amide bonds. The molecule has 1 aliphatic carbocycles. The molecule has 0 aliphatic heterocycles. The van der Waals surface area contributed by atoms with Crippen molar-refractivity contribution in [2.75, 3.05) is 5.32 Å². The number of nitrogens with one attached hydrogen (secondary N) is 1. The molecule has 0 unspecified atom stereocenters. The van der Waals surface area contributed by atoms with E-state index in [4.69, 9.17) is 0 Å². The second-order valence-corrected chi connectivity index (χ2v) is 7.14. The van der Waals surface area contributed by atoms with Gasteiger partial charge in [-0.3, -0.25) is 4.79 Å². The van der Waals surface area contributed by atoms with Gasteiger partial charge < -0.3 is 5.32 Å². The van der Waals surface area contributed by atoms with Crippen LogP contribution in [0.15, 0.2) is 52.3 Å². The lowest BCUT2D eigenvalue weighted by atomic mass is 9.85. The summed E-state index contributed by atoms with van der Waals surface area (Å²) in [5, 5.41) is 3.00. The molecule has 1 aliphatic rings. The van der Waals surface area contributed by atoms with Gasteiger partial charge in [0.05, 0.1) is 0 Å². The van der Waals surface area contributed by atoms with Crippen molar-refractivity contribution >= 4 is 23.4 Å². The number of carbonyl (C=O) groups excluding carboxylic acids is 1. The maximum absolute atomic E-state index is 11.9. The molecule has 2 aromatic rings. The van der Waals surface area contributed by atoms with Crippen molar-refractivity contribution in [3.8, 4) is 0 Å². The molecule has 1 fully saturated rings. The molecule has 0 saturated heterocycles. The molecule has 3 rings (SSSR count). The van der Waals surface area contributed by atoms with E-state index in [1.54, 1.807) is 11.8 Å². The minimum absolute atomic E-state index is 0.167. The zero-order valence-corrected chi connectivity index (χ0v) is 13.9. The number of aryl methyl sites for hydroxylation is 2. The van der Waals surface area contributed by atoms with Crippen molar-refractivity contribution in [3.63, 3.8) is 0 Å². The van der Waals surface area contributed by atoms with E-state index in [2.05, 4.69) is 49.5 Å². The molecule has 0 aromatic heterocycles. The number of benzene rings is 2. The van der Waals surface area contributed by atoms with Gasteiger partial charge in [-0.2, -0.15) is 0 Å². The Morgan fingerprint density at radius 1 is 1.00 bits per heavy atom. The van der Waals surface area contributed by atoms with Gasteiger partial charge >= 0.3 is 0 Å². The van der Waals surface area contributed by atoms with E-state index in [1.165, 1.54) is 27.3 Å². The highest BCUT2D eigenvalue weighted by Crippen LogP contribution is 2.31. The van der Waals surface area contributed by atoms with E-state index in [-0.39, 0.29) is 11.8 Å². The van der Waals surface area contributed by atoms with E-state index in [1.807, 2.05) is 12.1 Å². The molecule has 0 radical (unpaired) electrons. The Morgan fingerprint density at radius 2 is 1.68 bits per heavy atom. The largest absolute Gasteiger partial charge is 0.326 e. The monoisotopic (exact) mass is 311 g/mol. The van der Waals surface area contributed by atoms with Crippen molar-refractivity contribution in [2.24, 2.45) is 5.92 Å². The van der Waals surface area contributed by atoms with Crippen molar-refractivity contribution in [3.05, 3.63) is 53.6 Å². The second-order valence-electron chi connectivity index (χ2n) is 5.99. The second kappa shape index (κ2) is 6.57. The van der Waals surface area contributed by atoms with Gasteiger partial charge in [-0.25, -0.2) is 0 Å². The number of hydrogen-bond acceptors (Lipinski definition) is 2. The Morgan fingerprint density at radius 3 is 2.27 bits per heavy atom. The smallest absolute Gasteiger partial charge is 0.227 e. The Labute approximate surface area is 136 Å². The zero-order valence-electron chi connectivity index (χ0n) is 13.1. The third-order valence-corrected chi connectivity index (χ3v) is 5.31. The molecule has 3 heteroatoms. The van der Waals surface area contributed by atoms with Gasteiger partial charge in [0.25, 0.3) is 0 Å². The lowest BCUT2D eigenvalue weighted by Gasteiger charge is -2.24. The summed E-state index contributed by atoms with van der Waals surface area (Å²) >= 11 is 1.75. The lowest BCUT2D eigenvalue weighted by molar-refractivity contribution is -0.122. The number of rotatable bonds is 4. The first-order valence-electron chi connectivity index (χ1n) is 7.78. The Kier molecular flexibility index (Phi) is 4.53. The quantitative estimate of drug-likeness (QED) is 0.841. The van der Waals surface area contributed by atoms with Crippen LogP contribution in [-0.2, 0) is 4.79 Å². The van der Waals surface area contributed by atoms with Gasteiger partial charge in [-0.15, -0.1) is 0 Å². The predicted molar refractivity (Wildman–Crippen MR) is 92.5 cm³/mol. The van der Waals surface area contributed by atoms with E-state index in [0.29, 0.717) is 0 Å². The molecular weight excluding hydrogens is 290 g/mol. The van der Waals surface area contributed by atoms with Crippen LogP contribution in [-0.4, -0.2) is 5.91 Å². The van der Waals surface area contributed by atoms with Gasteiger partial charge in [0.2, 0.25) is 5.91 Å². The van der Waals surface area contributed by atoms with Crippen molar-refractivity contribution in [2.45, 2.75) is 42.9 Å². The lowest BCUT2D eigenvalue weighted by Crippen LogP contribution is -2.27. The zero-order chi connectivity index (χ0) is 15.5. The van der Waals surface area contributed by atoms with Gasteiger partial charge in [-0.1, -0.05) is 24.2 Å². The number of hydrogen-bond donors (Lipinski definition) is 1. The van der Waals surface area contributed by atoms with Crippen LogP contribution in [0.3, 0.4) is 0 Å². The normalized spacial score (nSPS) is 14.5. The molecule has 2 aromatic carbocycles. The van der Waals surface area contributed by atoms with Gasteiger partial charge in [0.15, 0.2) is 0 Å². The molecule has 0 spiro atoms. The van der Waals surface area contributed by atoms with Crippen LogP contribution in [0.1, 0.15) is 30.4 Å². The van der Waals surface area contributed by atoms with Crippen molar-refractivity contribution in [1.82, 2.24) is 0 Å². The summed E-state index contributed by atoms with van der Waals surface area (Å²) in [6, 6.07) is 14.6. The summed E-state index contributed by atoms with van der Waals surface area (Å²) in [6.07, 6.45) is 3.25. The maximum Gasteiger partial charge on any atom is 0.227 e. The standard InChI is InChI=1S/C19H21NOS/c1-13-6-9-18(12-14(13)2)22-17-10-7-16(8-11-17)20-19(21)15-4-3-5-15/h6-12,15H,3-5H2,1-2H3,(H,20,21). The molecule has 114 valence electrons. The van der Waals surface area contributed by atoms with E-state index in [0.717, 1.165) is 18.5 Å². The Bertz CT molecular complexity index is 674. The molecule has 22 heavy (non-hydrogen) atoms. The van der Waals surface area contributed by atoms with Crippen LogP contribution < -0.4 is 5.32 Å². The minimum atomic E-state index is 0.167. The molecule has 1 N–H and O–H groups in total. The SMILES string of the molecule is Cc1ccc(Sc2ccc(NC(=O)C3CCC3)cc2)cc1C. The Hall–Kier alpha value is -1.74. The average molecular weight is 311 g/mol. The van der Waals surface area contributed by atoms with Crippen LogP contribution in [0.5, 0.6) is 0 Å². The van der Waals surface area contributed by atoms with Crippen LogP contribution in [0, 0.1) is 19.8 Å².